The zero-order chi connectivity index (χ0) is 18.8. The highest BCUT2D eigenvalue weighted by atomic mass is 32.1. The topological polar surface area (TPSA) is 62.2 Å². The summed E-state index contributed by atoms with van der Waals surface area (Å²) in [5.74, 6) is -0.161. The van der Waals surface area contributed by atoms with Crippen LogP contribution in [0, 0.1) is 0 Å². The van der Waals surface area contributed by atoms with E-state index in [1.165, 1.54) is 16.9 Å². The van der Waals surface area contributed by atoms with Crippen molar-refractivity contribution in [1.82, 2.24) is 4.98 Å². The third-order valence-corrected chi connectivity index (χ3v) is 5.36. The number of aromatic hydroxyl groups is 1. The van der Waals surface area contributed by atoms with Gasteiger partial charge >= 0.3 is 0 Å². The highest BCUT2D eigenvalue weighted by Crippen LogP contribution is 2.35. The van der Waals surface area contributed by atoms with Crippen LogP contribution in [0.4, 0.5) is 10.8 Å². The molecule has 4 rings (SSSR count). The molecule has 1 aliphatic carbocycles. The van der Waals surface area contributed by atoms with E-state index in [2.05, 4.69) is 29.4 Å². The lowest BCUT2D eigenvalue weighted by Crippen LogP contribution is -2.04. The van der Waals surface area contributed by atoms with Crippen LogP contribution >= 0.6 is 11.3 Å². The highest BCUT2D eigenvalue weighted by molar-refractivity contribution is 7.16. The van der Waals surface area contributed by atoms with Crippen molar-refractivity contribution in [2.45, 2.75) is 13.3 Å². The van der Waals surface area contributed by atoms with Crippen LogP contribution in [0.15, 0.2) is 54.6 Å². The van der Waals surface area contributed by atoms with E-state index in [9.17, 15) is 9.90 Å². The molecule has 0 fully saturated rings. The van der Waals surface area contributed by atoms with E-state index in [0.29, 0.717) is 15.6 Å². The number of hydrogen-bond acceptors (Lipinski definition) is 5. The molecule has 0 aliphatic heterocycles. The summed E-state index contributed by atoms with van der Waals surface area (Å²) in [5, 5.41) is 14.0. The zero-order valence-electron chi connectivity index (χ0n) is 14.8. The second-order valence-corrected chi connectivity index (χ2v) is 7.26. The van der Waals surface area contributed by atoms with Crippen molar-refractivity contribution in [2.24, 2.45) is 0 Å². The van der Waals surface area contributed by atoms with E-state index < -0.39 is 0 Å². The van der Waals surface area contributed by atoms with Gasteiger partial charge in [-0.15, -0.1) is 0 Å². The Labute approximate surface area is 161 Å². The Kier molecular flexibility index (Phi) is 4.60. The molecule has 1 heterocycles. The van der Waals surface area contributed by atoms with E-state index in [1.54, 1.807) is 12.2 Å². The lowest BCUT2D eigenvalue weighted by atomic mass is 9.91. The molecule has 0 amide bonds. The normalized spacial score (nSPS) is 14.4. The van der Waals surface area contributed by atoms with E-state index in [-0.39, 0.29) is 11.7 Å². The molecule has 1 aromatic heterocycles. The predicted octanol–water partition coefficient (Wildman–Crippen LogP) is 5.29. The largest absolute Gasteiger partial charge is 0.492 e. The van der Waals surface area contributed by atoms with Crippen LogP contribution in [0.3, 0.4) is 0 Å². The summed E-state index contributed by atoms with van der Waals surface area (Å²) >= 11 is 1.31. The monoisotopic (exact) mass is 374 g/mol. The molecule has 1 aliphatic rings. The number of fused-ring (bicyclic) bond motifs is 1. The molecular formula is C22H18N2O2S. The van der Waals surface area contributed by atoms with Crippen LogP contribution in [0.2, 0.25) is 0 Å². The van der Waals surface area contributed by atoms with E-state index in [0.717, 1.165) is 23.2 Å². The maximum atomic E-state index is 12.4. The maximum Gasteiger partial charge on any atom is 0.231 e. The number of nitrogens with one attached hydrogen (secondary N) is 1. The number of rotatable bonds is 4. The number of carbonyl (C=O) groups excluding carboxylic acids is 1. The number of aryl methyl sites for hydroxylation is 1. The van der Waals surface area contributed by atoms with Gasteiger partial charge in [-0.05, 0) is 47.4 Å². The highest BCUT2D eigenvalue weighted by Gasteiger charge is 2.18. The van der Waals surface area contributed by atoms with Crippen LogP contribution in [0.5, 0.6) is 5.88 Å². The van der Waals surface area contributed by atoms with Gasteiger partial charge in [-0.1, -0.05) is 60.7 Å². The molecule has 4 nitrogen and oxygen atoms in total. The van der Waals surface area contributed by atoms with Gasteiger partial charge < -0.3 is 10.4 Å². The number of allylic oxidation sites excluding steroid dienone is 2. The van der Waals surface area contributed by atoms with Crippen LogP contribution in [0.25, 0.3) is 17.7 Å². The second-order valence-electron chi connectivity index (χ2n) is 6.23. The van der Waals surface area contributed by atoms with Crippen molar-refractivity contribution in [3.63, 3.8) is 0 Å². The molecule has 27 heavy (non-hydrogen) atoms. The Balaban J connectivity index is 1.64. The minimum absolute atomic E-state index is 0.0776. The smallest absolute Gasteiger partial charge is 0.231 e. The van der Waals surface area contributed by atoms with Crippen molar-refractivity contribution in [1.29, 1.82) is 0 Å². The average molecular weight is 374 g/mol. The fourth-order valence-corrected chi connectivity index (χ4v) is 3.80. The van der Waals surface area contributed by atoms with Gasteiger partial charge in [0, 0.05) is 11.3 Å². The summed E-state index contributed by atoms with van der Waals surface area (Å²) in [4.78, 5) is 17.1. The van der Waals surface area contributed by atoms with Gasteiger partial charge in [0.15, 0.2) is 10.9 Å². The molecule has 0 saturated carbocycles. The van der Waals surface area contributed by atoms with E-state index >= 15 is 0 Å². The molecule has 0 atom stereocenters. The minimum atomic E-state index is -0.0833. The summed E-state index contributed by atoms with van der Waals surface area (Å²) < 4.78 is 0. The SMILES string of the molecule is CCc1ccc(Nc2nc(O)c(C=C3C(=O)C=Cc4ccccc43)s2)cc1. The first-order valence-corrected chi connectivity index (χ1v) is 9.55. The Morgan fingerprint density at radius 1 is 1.11 bits per heavy atom. The Morgan fingerprint density at radius 3 is 2.67 bits per heavy atom. The Hall–Kier alpha value is -3.18. The van der Waals surface area contributed by atoms with Crippen molar-refractivity contribution in [3.8, 4) is 5.88 Å². The molecule has 0 bridgehead atoms. The molecule has 3 aromatic rings. The predicted molar refractivity (Wildman–Crippen MR) is 111 cm³/mol. The maximum absolute atomic E-state index is 12.4. The first-order valence-electron chi connectivity index (χ1n) is 8.73. The van der Waals surface area contributed by atoms with E-state index in [4.69, 9.17) is 0 Å². The van der Waals surface area contributed by atoms with Gasteiger partial charge in [0.2, 0.25) is 5.88 Å². The van der Waals surface area contributed by atoms with Crippen molar-refractivity contribution in [3.05, 3.63) is 76.2 Å². The molecule has 134 valence electrons. The number of benzene rings is 2. The average Bonchev–Trinajstić information content (AvgIpc) is 3.03. The number of aromatic nitrogens is 1. The van der Waals surface area contributed by atoms with Gasteiger partial charge in [0.1, 0.15) is 0 Å². The summed E-state index contributed by atoms with van der Waals surface area (Å²) in [7, 11) is 0. The molecule has 0 unspecified atom stereocenters. The van der Waals surface area contributed by atoms with Crippen molar-refractivity contribution >= 4 is 45.7 Å². The van der Waals surface area contributed by atoms with Crippen molar-refractivity contribution < 1.29 is 9.90 Å². The number of hydrogen-bond donors (Lipinski definition) is 2. The number of ketones is 1. The lowest BCUT2D eigenvalue weighted by Gasteiger charge is -2.12. The fourth-order valence-electron chi connectivity index (χ4n) is 2.97. The van der Waals surface area contributed by atoms with Crippen LogP contribution in [0.1, 0.15) is 28.5 Å². The quantitative estimate of drug-likeness (QED) is 0.609. The summed E-state index contributed by atoms with van der Waals surface area (Å²) in [5.41, 5.74) is 4.58. The molecule has 2 aromatic carbocycles. The van der Waals surface area contributed by atoms with Gasteiger partial charge in [0.25, 0.3) is 0 Å². The summed E-state index contributed by atoms with van der Waals surface area (Å²) in [6.45, 7) is 2.11. The number of nitrogens with zero attached hydrogens (tertiary/aromatic N) is 1. The number of anilines is 2. The zero-order valence-corrected chi connectivity index (χ0v) is 15.6. The number of thiazole rings is 1. The molecule has 0 spiro atoms. The fraction of sp³-hybridized carbons (Fsp3) is 0.0909. The summed E-state index contributed by atoms with van der Waals surface area (Å²) in [6.07, 6.45) is 6.07. The molecule has 5 heteroatoms. The second kappa shape index (κ2) is 7.21. The Bertz CT molecular complexity index is 1060. The van der Waals surface area contributed by atoms with E-state index in [1.807, 2.05) is 42.5 Å². The van der Waals surface area contributed by atoms with Gasteiger partial charge in [-0.3, -0.25) is 4.79 Å². The molecule has 0 radical (unpaired) electrons. The van der Waals surface area contributed by atoms with Crippen LogP contribution in [-0.2, 0) is 11.2 Å². The molecule has 2 N–H and O–H groups in total. The lowest BCUT2D eigenvalue weighted by molar-refractivity contribution is -0.109. The first-order chi connectivity index (χ1) is 13.1. The number of carbonyl (C=O) groups is 1. The summed E-state index contributed by atoms with van der Waals surface area (Å²) in [6, 6.07) is 15.8. The van der Waals surface area contributed by atoms with Gasteiger partial charge in [0.05, 0.1) is 4.88 Å². The third-order valence-electron chi connectivity index (χ3n) is 4.45. The van der Waals surface area contributed by atoms with Gasteiger partial charge in [-0.25, -0.2) is 0 Å². The van der Waals surface area contributed by atoms with Crippen LogP contribution in [-0.4, -0.2) is 15.9 Å². The third kappa shape index (κ3) is 3.55. The van der Waals surface area contributed by atoms with Crippen LogP contribution < -0.4 is 5.32 Å². The first kappa shape index (κ1) is 17.2. The standard InChI is InChI=1S/C22H18N2O2S/c1-2-14-7-10-16(11-8-14)23-22-24-21(26)20(27-22)13-18-17-6-4-3-5-15(17)9-12-19(18)25/h3-13,26H,2H2,1H3,(H,23,24). The molecule has 0 saturated heterocycles. The van der Waals surface area contributed by atoms with Crippen molar-refractivity contribution in [2.75, 3.05) is 5.32 Å². The molecular weight excluding hydrogens is 356 g/mol. The Morgan fingerprint density at radius 2 is 1.89 bits per heavy atom. The van der Waals surface area contributed by atoms with Gasteiger partial charge in [-0.2, -0.15) is 4.98 Å². The minimum Gasteiger partial charge on any atom is -0.492 e.